The van der Waals surface area contributed by atoms with E-state index in [9.17, 15) is 9.59 Å². The van der Waals surface area contributed by atoms with E-state index >= 15 is 0 Å². The Balaban J connectivity index is 2.47. The van der Waals surface area contributed by atoms with E-state index in [0.29, 0.717) is 18.6 Å². The largest absolute Gasteiger partial charge is 0.465 e. The molecule has 1 aliphatic carbocycles. The lowest BCUT2D eigenvalue weighted by Crippen LogP contribution is -2.35. The summed E-state index contributed by atoms with van der Waals surface area (Å²) in [6.45, 7) is 7.65. The van der Waals surface area contributed by atoms with Crippen LogP contribution < -0.4 is 0 Å². The van der Waals surface area contributed by atoms with Gasteiger partial charge in [-0.1, -0.05) is 17.7 Å². The van der Waals surface area contributed by atoms with Crippen LogP contribution in [0.15, 0.2) is 12.1 Å². The standard InChI is InChI=1S/C15H18O3/c1-5-18-14(17)15(4)8-11-7-9(2)6-10(3)12(11)13(15)16/h6-7H,5,8H2,1-4H3. The van der Waals surface area contributed by atoms with Gasteiger partial charge in [-0.15, -0.1) is 0 Å². The van der Waals surface area contributed by atoms with E-state index in [0.717, 1.165) is 16.7 Å². The van der Waals surface area contributed by atoms with Crippen molar-refractivity contribution in [2.45, 2.75) is 34.1 Å². The van der Waals surface area contributed by atoms with Crippen LogP contribution in [0.5, 0.6) is 0 Å². The first-order valence-corrected chi connectivity index (χ1v) is 6.22. The minimum atomic E-state index is -1.04. The highest BCUT2D eigenvalue weighted by atomic mass is 16.5. The van der Waals surface area contributed by atoms with Crippen LogP contribution in [0.3, 0.4) is 0 Å². The van der Waals surface area contributed by atoms with Gasteiger partial charge in [-0.05, 0) is 45.2 Å². The molecule has 96 valence electrons. The maximum absolute atomic E-state index is 12.5. The Hall–Kier alpha value is -1.64. The van der Waals surface area contributed by atoms with Crippen LogP contribution in [0, 0.1) is 19.3 Å². The van der Waals surface area contributed by atoms with E-state index in [2.05, 4.69) is 0 Å². The lowest BCUT2D eigenvalue weighted by Gasteiger charge is -2.19. The summed E-state index contributed by atoms with van der Waals surface area (Å²) in [5.41, 5.74) is 2.69. The SMILES string of the molecule is CCOC(=O)C1(C)Cc2cc(C)cc(C)c2C1=O. The third-order valence-electron chi connectivity index (χ3n) is 3.56. The Morgan fingerprint density at radius 3 is 2.67 bits per heavy atom. The van der Waals surface area contributed by atoms with Crippen LogP contribution in [0.4, 0.5) is 0 Å². The minimum Gasteiger partial charge on any atom is -0.465 e. The van der Waals surface area contributed by atoms with Gasteiger partial charge in [0.1, 0.15) is 5.41 Å². The number of carbonyl (C=O) groups excluding carboxylic acids is 2. The monoisotopic (exact) mass is 246 g/mol. The fourth-order valence-corrected chi connectivity index (χ4v) is 2.71. The van der Waals surface area contributed by atoms with Crippen molar-refractivity contribution in [3.63, 3.8) is 0 Å². The molecule has 0 N–H and O–H groups in total. The third-order valence-corrected chi connectivity index (χ3v) is 3.56. The maximum atomic E-state index is 12.5. The second-order valence-corrected chi connectivity index (χ2v) is 5.17. The molecule has 1 aromatic rings. The zero-order valence-corrected chi connectivity index (χ0v) is 11.3. The summed E-state index contributed by atoms with van der Waals surface area (Å²) in [6.07, 6.45) is 0.447. The molecule has 1 atom stereocenters. The number of Topliss-reactive ketones (excluding diaryl/α,β-unsaturated/α-hetero) is 1. The van der Waals surface area contributed by atoms with Gasteiger partial charge in [0.05, 0.1) is 6.61 Å². The Kier molecular flexibility index (Phi) is 3.01. The highest BCUT2D eigenvalue weighted by Gasteiger charge is 2.49. The van der Waals surface area contributed by atoms with Gasteiger partial charge >= 0.3 is 5.97 Å². The third kappa shape index (κ3) is 1.74. The zero-order chi connectivity index (χ0) is 13.5. The number of aryl methyl sites for hydroxylation is 2. The summed E-state index contributed by atoms with van der Waals surface area (Å²) >= 11 is 0. The molecule has 0 saturated heterocycles. The molecule has 0 spiro atoms. The number of ether oxygens (including phenoxy) is 1. The van der Waals surface area contributed by atoms with Gasteiger partial charge in [-0.25, -0.2) is 0 Å². The number of fused-ring (bicyclic) bond motifs is 1. The van der Waals surface area contributed by atoms with Crippen LogP contribution in [0.2, 0.25) is 0 Å². The van der Waals surface area contributed by atoms with E-state index < -0.39 is 11.4 Å². The van der Waals surface area contributed by atoms with Crippen LogP contribution in [-0.4, -0.2) is 18.4 Å². The smallest absolute Gasteiger partial charge is 0.320 e. The fraction of sp³-hybridized carbons (Fsp3) is 0.467. The van der Waals surface area contributed by atoms with Gasteiger partial charge in [0, 0.05) is 5.56 Å². The quantitative estimate of drug-likeness (QED) is 0.595. The van der Waals surface area contributed by atoms with Crippen LogP contribution in [0.25, 0.3) is 0 Å². The number of ketones is 1. The van der Waals surface area contributed by atoms with E-state index in [4.69, 9.17) is 4.74 Å². The number of benzene rings is 1. The van der Waals surface area contributed by atoms with Gasteiger partial charge in [0.15, 0.2) is 5.78 Å². The first-order chi connectivity index (χ1) is 8.40. The molecule has 0 saturated carbocycles. The molecule has 0 aliphatic heterocycles. The number of hydrogen-bond donors (Lipinski definition) is 0. The van der Waals surface area contributed by atoms with Gasteiger partial charge in [-0.2, -0.15) is 0 Å². The van der Waals surface area contributed by atoms with E-state index in [1.807, 2.05) is 26.0 Å². The van der Waals surface area contributed by atoms with Gasteiger partial charge in [0.25, 0.3) is 0 Å². The summed E-state index contributed by atoms with van der Waals surface area (Å²) < 4.78 is 5.04. The molecule has 18 heavy (non-hydrogen) atoms. The predicted molar refractivity (Wildman–Crippen MR) is 68.7 cm³/mol. The molecule has 1 aromatic carbocycles. The van der Waals surface area contributed by atoms with Crippen molar-refractivity contribution in [2.24, 2.45) is 5.41 Å². The summed E-state index contributed by atoms with van der Waals surface area (Å²) in [5, 5.41) is 0. The van der Waals surface area contributed by atoms with Crippen molar-refractivity contribution in [3.05, 3.63) is 34.4 Å². The molecular weight excluding hydrogens is 228 g/mol. The molecule has 0 heterocycles. The van der Waals surface area contributed by atoms with Gasteiger partial charge < -0.3 is 4.74 Å². The van der Waals surface area contributed by atoms with Gasteiger partial charge in [0.2, 0.25) is 0 Å². The summed E-state index contributed by atoms with van der Waals surface area (Å²) in [6, 6.07) is 3.97. The van der Waals surface area contributed by atoms with Gasteiger partial charge in [-0.3, -0.25) is 9.59 Å². The van der Waals surface area contributed by atoms with Crippen LogP contribution >= 0.6 is 0 Å². The van der Waals surface area contributed by atoms with E-state index in [-0.39, 0.29) is 5.78 Å². The first kappa shape index (κ1) is 12.8. The van der Waals surface area contributed by atoms with E-state index in [1.54, 1.807) is 13.8 Å². The predicted octanol–water partition coefficient (Wildman–Crippen LogP) is 2.61. The highest BCUT2D eigenvalue weighted by Crippen LogP contribution is 2.39. The summed E-state index contributed by atoms with van der Waals surface area (Å²) in [7, 11) is 0. The number of esters is 1. The molecule has 0 amide bonds. The molecular formula is C15H18O3. The van der Waals surface area contributed by atoms with E-state index in [1.165, 1.54) is 0 Å². The topological polar surface area (TPSA) is 43.4 Å². The molecule has 3 heteroatoms. The molecule has 1 aliphatic rings. The summed E-state index contributed by atoms with van der Waals surface area (Å²) in [4.78, 5) is 24.5. The van der Waals surface area contributed by atoms with Crippen LogP contribution in [0.1, 0.15) is 40.9 Å². The van der Waals surface area contributed by atoms with Crippen molar-refractivity contribution >= 4 is 11.8 Å². The van der Waals surface area contributed by atoms with Crippen LogP contribution in [-0.2, 0) is 16.0 Å². The molecule has 1 unspecified atom stereocenters. The normalized spacial score (nSPS) is 21.9. The Morgan fingerprint density at radius 1 is 1.39 bits per heavy atom. The number of carbonyl (C=O) groups is 2. The second kappa shape index (κ2) is 4.23. The molecule has 0 bridgehead atoms. The molecule has 0 fully saturated rings. The highest BCUT2D eigenvalue weighted by molar-refractivity contribution is 6.16. The van der Waals surface area contributed by atoms with Crippen molar-refractivity contribution in [1.82, 2.24) is 0 Å². The molecule has 3 nitrogen and oxygen atoms in total. The lowest BCUT2D eigenvalue weighted by atomic mass is 9.86. The fourth-order valence-electron chi connectivity index (χ4n) is 2.71. The average Bonchev–Trinajstić information content (AvgIpc) is 2.52. The zero-order valence-electron chi connectivity index (χ0n) is 11.3. The number of rotatable bonds is 2. The first-order valence-electron chi connectivity index (χ1n) is 6.22. The maximum Gasteiger partial charge on any atom is 0.320 e. The van der Waals surface area contributed by atoms with Crippen molar-refractivity contribution < 1.29 is 14.3 Å². The molecule has 0 radical (unpaired) electrons. The molecule has 2 rings (SSSR count). The lowest BCUT2D eigenvalue weighted by molar-refractivity contribution is -0.151. The number of hydrogen-bond acceptors (Lipinski definition) is 3. The Labute approximate surface area is 107 Å². The Bertz CT molecular complexity index is 531. The van der Waals surface area contributed by atoms with Crippen molar-refractivity contribution in [2.75, 3.05) is 6.61 Å². The summed E-state index contributed by atoms with van der Waals surface area (Å²) in [5.74, 6) is -0.517. The Morgan fingerprint density at radius 2 is 2.06 bits per heavy atom. The van der Waals surface area contributed by atoms with Crippen molar-refractivity contribution in [3.8, 4) is 0 Å². The molecule has 0 aromatic heterocycles. The average molecular weight is 246 g/mol. The minimum absolute atomic E-state index is 0.103. The second-order valence-electron chi connectivity index (χ2n) is 5.17. The van der Waals surface area contributed by atoms with Crippen molar-refractivity contribution in [1.29, 1.82) is 0 Å².